The lowest BCUT2D eigenvalue weighted by Gasteiger charge is -2.28. The Kier molecular flexibility index (Phi) is 11.0. The zero-order valence-electron chi connectivity index (χ0n) is 22.1. The molecule has 0 aliphatic carbocycles. The van der Waals surface area contributed by atoms with E-state index >= 15 is 0 Å². The Morgan fingerprint density at radius 3 is 2.26 bits per heavy atom. The van der Waals surface area contributed by atoms with Gasteiger partial charge in [0.25, 0.3) is 0 Å². The van der Waals surface area contributed by atoms with Crippen LogP contribution in [-0.4, -0.2) is 30.0 Å². The zero-order valence-corrected chi connectivity index (χ0v) is 23.7. The summed E-state index contributed by atoms with van der Waals surface area (Å²) < 4.78 is 46.4. The van der Waals surface area contributed by atoms with Gasteiger partial charge in [-0.1, -0.05) is 30.7 Å². The molecule has 0 bridgehead atoms. The number of alkyl halides is 3. The van der Waals surface area contributed by atoms with Gasteiger partial charge in [-0.05, 0) is 85.0 Å². The molecule has 3 aromatic rings. The molecule has 0 amide bonds. The van der Waals surface area contributed by atoms with Gasteiger partial charge < -0.3 is 14.5 Å². The van der Waals surface area contributed by atoms with Gasteiger partial charge in [-0.3, -0.25) is 0 Å². The van der Waals surface area contributed by atoms with Crippen molar-refractivity contribution >= 4 is 29.1 Å². The lowest BCUT2D eigenvalue weighted by molar-refractivity contribution is -0.137. The second kappa shape index (κ2) is 14.2. The number of nitrogens with zero attached hydrogens (tertiary/aromatic N) is 3. The largest absolute Gasteiger partial charge is 0.457 e. The third-order valence-electron chi connectivity index (χ3n) is 5.99. The van der Waals surface area contributed by atoms with Crippen LogP contribution in [0.3, 0.4) is 0 Å². The van der Waals surface area contributed by atoms with E-state index in [-0.39, 0.29) is 6.04 Å². The molecule has 1 saturated heterocycles. The van der Waals surface area contributed by atoms with Gasteiger partial charge in [-0.25, -0.2) is 0 Å². The summed E-state index contributed by atoms with van der Waals surface area (Å²) in [5, 5.41) is 7.95. The molecule has 0 aromatic heterocycles. The van der Waals surface area contributed by atoms with Crippen LogP contribution in [0, 0.1) is 11.3 Å². The second-order valence-corrected chi connectivity index (χ2v) is 10.1. The smallest absolute Gasteiger partial charge is 0.416 e. The van der Waals surface area contributed by atoms with Crippen molar-refractivity contribution in [2.75, 3.05) is 30.0 Å². The van der Waals surface area contributed by atoms with Crippen molar-refractivity contribution in [3.05, 3.63) is 101 Å². The molecule has 4 rings (SSSR count). The van der Waals surface area contributed by atoms with Gasteiger partial charge in [0.05, 0.1) is 17.7 Å². The first-order valence-electron chi connectivity index (χ1n) is 12.5. The Bertz CT molecular complexity index is 1270. The van der Waals surface area contributed by atoms with E-state index < -0.39 is 11.7 Å². The first-order chi connectivity index (χ1) is 18.7. The Balaban J connectivity index is 0.00000134. The predicted octanol–water partition coefficient (Wildman–Crippen LogP) is 9.16. The monoisotopic (exact) mass is 573 g/mol. The van der Waals surface area contributed by atoms with E-state index in [2.05, 4.69) is 29.1 Å². The number of hydrogen-bond acceptors (Lipinski definition) is 5. The van der Waals surface area contributed by atoms with Crippen LogP contribution in [0.1, 0.15) is 37.4 Å². The van der Waals surface area contributed by atoms with Crippen molar-refractivity contribution in [3.63, 3.8) is 0 Å². The molecule has 1 heterocycles. The maximum Gasteiger partial charge on any atom is 0.416 e. The maximum absolute atomic E-state index is 13.5. The van der Waals surface area contributed by atoms with Crippen LogP contribution in [0.25, 0.3) is 0 Å². The van der Waals surface area contributed by atoms with Crippen molar-refractivity contribution in [2.45, 2.75) is 32.5 Å². The van der Waals surface area contributed by atoms with E-state index in [0.29, 0.717) is 28.6 Å². The number of ether oxygens (including phenoxy) is 1. The highest BCUT2D eigenvalue weighted by atomic mass is 35.5. The third kappa shape index (κ3) is 8.11. The maximum atomic E-state index is 13.5. The number of hydrogen-bond donors (Lipinski definition) is 0. The molecule has 1 unspecified atom stereocenters. The van der Waals surface area contributed by atoms with Crippen LogP contribution in [0.2, 0.25) is 5.02 Å². The minimum atomic E-state index is -4.39. The normalized spacial score (nSPS) is 16.1. The molecule has 0 spiro atoms. The Morgan fingerprint density at radius 1 is 1.08 bits per heavy atom. The average molecular weight is 574 g/mol. The summed E-state index contributed by atoms with van der Waals surface area (Å²) in [5.74, 6) is 3.28. The summed E-state index contributed by atoms with van der Waals surface area (Å²) in [7, 11) is 0. The summed E-state index contributed by atoms with van der Waals surface area (Å²) >= 11 is 7.71. The summed E-state index contributed by atoms with van der Waals surface area (Å²) in [5.41, 5.74) is 0.905. The zero-order chi connectivity index (χ0) is 28.4. The summed E-state index contributed by atoms with van der Waals surface area (Å²) in [6.07, 6.45) is 0.627. The van der Waals surface area contributed by atoms with Gasteiger partial charge in [-0.2, -0.15) is 30.2 Å². The van der Waals surface area contributed by atoms with Crippen LogP contribution in [-0.2, 0) is 6.18 Å². The molecule has 1 aliphatic heterocycles. The Hall–Kier alpha value is -3.28. The molecular formula is C30H31ClF3N3OS. The van der Waals surface area contributed by atoms with Gasteiger partial charge in [0.2, 0.25) is 0 Å². The number of halogens is 4. The van der Waals surface area contributed by atoms with Crippen molar-refractivity contribution in [1.82, 2.24) is 4.90 Å². The average Bonchev–Trinajstić information content (AvgIpc) is 3.27. The molecule has 4 nitrogen and oxygen atoms in total. The van der Waals surface area contributed by atoms with Crippen molar-refractivity contribution in [2.24, 2.45) is 0 Å². The standard InChI is InChI=1S/C28H28ClF3N2OS.C2H3N/c1-3-5-27-33(16-17-36-2)19-26(20-6-4-7-21(18-20)28(30,31)32)34(27)23-10-14-25(15-11-23)35-24-12-8-22(29)9-13-24;1-2-3/h4-15,18,26H,3,16-17,19H2,1-2H3;1H3/b27-5-;. The van der Waals surface area contributed by atoms with E-state index in [9.17, 15) is 13.2 Å². The fourth-order valence-electron chi connectivity index (χ4n) is 4.32. The van der Waals surface area contributed by atoms with Crippen molar-refractivity contribution < 1.29 is 17.9 Å². The predicted molar refractivity (Wildman–Crippen MR) is 154 cm³/mol. The van der Waals surface area contributed by atoms with Crippen LogP contribution in [0.15, 0.2) is 84.7 Å². The van der Waals surface area contributed by atoms with E-state index in [1.165, 1.54) is 19.1 Å². The molecule has 9 heteroatoms. The number of allylic oxidation sites excluding steroid dienone is 1. The van der Waals surface area contributed by atoms with Crippen molar-refractivity contribution in [1.29, 1.82) is 5.26 Å². The quantitative estimate of drug-likeness (QED) is 0.269. The minimum absolute atomic E-state index is 0.255. The molecule has 206 valence electrons. The van der Waals surface area contributed by atoms with Crippen LogP contribution >= 0.6 is 23.4 Å². The highest BCUT2D eigenvalue weighted by molar-refractivity contribution is 7.98. The van der Waals surface area contributed by atoms with Crippen LogP contribution in [0.5, 0.6) is 11.5 Å². The topological polar surface area (TPSA) is 39.5 Å². The fraction of sp³-hybridized carbons (Fsp3) is 0.300. The number of nitriles is 1. The molecule has 1 atom stereocenters. The van der Waals surface area contributed by atoms with E-state index in [4.69, 9.17) is 21.6 Å². The Morgan fingerprint density at radius 2 is 1.69 bits per heavy atom. The number of anilines is 1. The highest BCUT2D eigenvalue weighted by Gasteiger charge is 2.37. The molecule has 39 heavy (non-hydrogen) atoms. The van der Waals surface area contributed by atoms with Gasteiger partial charge >= 0.3 is 6.18 Å². The van der Waals surface area contributed by atoms with Crippen LogP contribution < -0.4 is 9.64 Å². The first-order valence-corrected chi connectivity index (χ1v) is 14.2. The molecule has 1 aliphatic rings. The van der Waals surface area contributed by atoms with E-state index in [1.807, 2.05) is 24.3 Å². The van der Waals surface area contributed by atoms with Gasteiger partial charge in [-0.15, -0.1) is 0 Å². The highest BCUT2D eigenvalue weighted by Crippen LogP contribution is 2.41. The van der Waals surface area contributed by atoms with Gasteiger partial charge in [0, 0.05) is 36.5 Å². The summed E-state index contributed by atoms with van der Waals surface area (Å²) in [6.45, 7) is 4.92. The number of benzene rings is 3. The molecule has 3 aromatic carbocycles. The number of rotatable bonds is 8. The Labute approximate surface area is 237 Å². The van der Waals surface area contributed by atoms with E-state index in [1.54, 1.807) is 48.2 Å². The third-order valence-corrected chi connectivity index (χ3v) is 6.83. The van der Waals surface area contributed by atoms with Crippen LogP contribution in [0.4, 0.5) is 18.9 Å². The minimum Gasteiger partial charge on any atom is -0.457 e. The lowest BCUT2D eigenvalue weighted by atomic mass is 10.0. The van der Waals surface area contributed by atoms with Crippen molar-refractivity contribution in [3.8, 4) is 17.6 Å². The second-order valence-electron chi connectivity index (χ2n) is 8.69. The summed E-state index contributed by atoms with van der Waals surface area (Å²) in [6, 6.07) is 22.0. The molecular weight excluding hydrogens is 543 g/mol. The number of thioether (sulfide) groups is 1. The van der Waals surface area contributed by atoms with Gasteiger partial charge in [0.15, 0.2) is 0 Å². The SMILES string of the molecule is CC#N.CC/C=C1/N(CCSC)CC(c2cccc(C(F)(F)F)c2)N1c1ccc(Oc2ccc(Cl)cc2)cc1. The van der Waals surface area contributed by atoms with Gasteiger partial charge in [0.1, 0.15) is 17.3 Å². The summed E-state index contributed by atoms with van der Waals surface area (Å²) in [4.78, 5) is 4.41. The molecule has 0 N–H and O–H groups in total. The fourth-order valence-corrected chi connectivity index (χ4v) is 4.84. The molecule has 0 saturated carbocycles. The lowest BCUT2D eigenvalue weighted by Crippen LogP contribution is -2.25. The van der Waals surface area contributed by atoms with E-state index in [0.717, 1.165) is 36.3 Å². The molecule has 1 fully saturated rings. The first kappa shape index (κ1) is 30.3. The molecule has 0 radical (unpaired) electrons.